The van der Waals surface area contributed by atoms with Crippen LogP contribution in [0.15, 0.2) is 24.3 Å². The maximum absolute atomic E-state index is 13.0. The molecule has 118 valence electrons. The number of amides is 1. The molecular weight excluding hydrogens is 318 g/mol. The Hall–Kier alpha value is -1.11. The predicted molar refractivity (Wildman–Crippen MR) is 91.5 cm³/mol. The molecule has 22 heavy (non-hydrogen) atoms. The Kier molecular flexibility index (Phi) is 5.00. The SMILES string of the molecule is COc1ccc([C@@H](C(=O)N2CCSC2=S)[C@@H]2CCCO2)cc1. The monoisotopic (exact) mass is 337 g/mol. The van der Waals surface area contributed by atoms with E-state index >= 15 is 0 Å². The molecule has 0 unspecified atom stereocenters. The van der Waals surface area contributed by atoms with Crippen LogP contribution in [0.3, 0.4) is 0 Å². The molecule has 2 saturated heterocycles. The molecule has 0 spiro atoms. The van der Waals surface area contributed by atoms with E-state index in [9.17, 15) is 4.79 Å². The second-order valence-electron chi connectivity index (χ2n) is 5.41. The van der Waals surface area contributed by atoms with E-state index in [2.05, 4.69) is 0 Å². The number of nitrogens with zero attached hydrogens (tertiary/aromatic N) is 1. The summed E-state index contributed by atoms with van der Waals surface area (Å²) in [4.78, 5) is 14.7. The van der Waals surface area contributed by atoms with Crippen LogP contribution in [0.5, 0.6) is 5.75 Å². The number of thioether (sulfide) groups is 1. The third-order valence-corrected chi connectivity index (χ3v) is 5.53. The van der Waals surface area contributed by atoms with Crippen molar-refractivity contribution in [3.63, 3.8) is 0 Å². The van der Waals surface area contributed by atoms with Crippen molar-refractivity contribution >= 4 is 34.2 Å². The van der Waals surface area contributed by atoms with Gasteiger partial charge in [0.2, 0.25) is 5.91 Å². The van der Waals surface area contributed by atoms with E-state index in [1.807, 2.05) is 24.3 Å². The average Bonchev–Trinajstić information content (AvgIpc) is 3.20. The number of hydrogen-bond acceptors (Lipinski definition) is 5. The summed E-state index contributed by atoms with van der Waals surface area (Å²) in [5.74, 6) is 1.44. The Bertz CT molecular complexity index is 555. The molecule has 1 aromatic carbocycles. The Morgan fingerprint density at radius 3 is 2.77 bits per heavy atom. The van der Waals surface area contributed by atoms with Crippen LogP contribution >= 0.6 is 24.0 Å². The summed E-state index contributed by atoms with van der Waals surface area (Å²) >= 11 is 6.88. The third kappa shape index (κ3) is 3.14. The van der Waals surface area contributed by atoms with E-state index in [1.54, 1.807) is 23.8 Å². The van der Waals surface area contributed by atoms with Crippen molar-refractivity contribution in [2.45, 2.75) is 24.9 Å². The molecule has 4 nitrogen and oxygen atoms in total. The standard InChI is InChI=1S/C16H19NO3S2/c1-19-12-6-4-11(5-7-12)14(13-3-2-9-20-13)15(18)17-8-10-22-16(17)21/h4-7,13-14H,2-3,8-10H2,1H3/t13-,14+/m0/s1. The number of carbonyl (C=O) groups excluding carboxylic acids is 1. The normalized spacial score (nSPS) is 22.9. The molecule has 0 aromatic heterocycles. The summed E-state index contributed by atoms with van der Waals surface area (Å²) in [7, 11) is 1.64. The molecule has 0 bridgehead atoms. The highest BCUT2D eigenvalue weighted by Gasteiger charge is 2.38. The fourth-order valence-corrected chi connectivity index (χ4v) is 4.17. The van der Waals surface area contributed by atoms with E-state index in [4.69, 9.17) is 21.7 Å². The summed E-state index contributed by atoms with van der Waals surface area (Å²) in [6.45, 7) is 1.42. The van der Waals surface area contributed by atoms with Crippen molar-refractivity contribution in [3.8, 4) is 5.75 Å². The van der Waals surface area contributed by atoms with Gasteiger partial charge in [-0.2, -0.15) is 0 Å². The van der Waals surface area contributed by atoms with Crippen LogP contribution in [0.1, 0.15) is 24.3 Å². The van der Waals surface area contributed by atoms with Gasteiger partial charge in [0, 0.05) is 18.9 Å². The quantitative estimate of drug-likeness (QED) is 0.790. The molecule has 0 aliphatic carbocycles. The lowest BCUT2D eigenvalue weighted by molar-refractivity contribution is -0.131. The average molecular weight is 337 g/mol. The van der Waals surface area contributed by atoms with Gasteiger partial charge in [-0.25, -0.2) is 0 Å². The first-order chi connectivity index (χ1) is 10.7. The number of hydrogen-bond donors (Lipinski definition) is 0. The predicted octanol–water partition coefficient (Wildman–Crippen LogP) is 2.82. The lowest BCUT2D eigenvalue weighted by atomic mass is 9.90. The summed E-state index contributed by atoms with van der Waals surface area (Å²) < 4.78 is 11.7. The van der Waals surface area contributed by atoms with Gasteiger partial charge in [0.1, 0.15) is 10.1 Å². The minimum absolute atomic E-state index is 0.0608. The summed E-state index contributed by atoms with van der Waals surface area (Å²) in [5.41, 5.74) is 0.970. The maximum atomic E-state index is 13.0. The van der Waals surface area contributed by atoms with Crippen LogP contribution in [-0.4, -0.2) is 47.2 Å². The molecular formula is C16H19NO3S2. The number of ether oxygens (including phenoxy) is 2. The Balaban J connectivity index is 1.88. The lowest BCUT2D eigenvalue weighted by Crippen LogP contribution is -2.39. The molecule has 2 aliphatic heterocycles. The molecule has 0 saturated carbocycles. The van der Waals surface area contributed by atoms with Gasteiger partial charge < -0.3 is 9.47 Å². The van der Waals surface area contributed by atoms with Crippen molar-refractivity contribution in [1.82, 2.24) is 4.90 Å². The van der Waals surface area contributed by atoms with Gasteiger partial charge in [-0.15, -0.1) is 0 Å². The first kappa shape index (κ1) is 15.8. The second kappa shape index (κ2) is 6.98. The largest absolute Gasteiger partial charge is 0.497 e. The Morgan fingerprint density at radius 2 is 2.23 bits per heavy atom. The number of benzene rings is 1. The summed E-state index contributed by atoms with van der Waals surface area (Å²) in [5, 5.41) is 0. The van der Waals surface area contributed by atoms with Gasteiger partial charge in [0.15, 0.2) is 0 Å². The van der Waals surface area contributed by atoms with Gasteiger partial charge in [-0.05, 0) is 30.5 Å². The number of rotatable bonds is 4. The van der Waals surface area contributed by atoms with Crippen LogP contribution in [-0.2, 0) is 9.53 Å². The minimum Gasteiger partial charge on any atom is -0.497 e. The van der Waals surface area contributed by atoms with E-state index in [1.165, 1.54) is 0 Å². The minimum atomic E-state index is -0.287. The number of carbonyl (C=O) groups is 1. The highest BCUT2D eigenvalue weighted by atomic mass is 32.2. The molecule has 2 atom stereocenters. The lowest BCUT2D eigenvalue weighted by Gasteiger charge is -2.27. The summed E-state index contributed by atoms with van der Waals surface area (Å²) in [6, 6.07) is 7.69. The molecule has 3 rings (SSSR count). The molecule has 0 radical (unpaired) electrons. The first-order valence-electron chi connectivity index (χ1n) is 7.44. The highest BCUT2D eigenvalue weighted by Crippen LogP contribution is 2.33. The van der Waals surface area contributed by atoms with E-state index in [0.717, 1.165) is 36.5 Å². The van der Waals surface area contributed by atoms with Crippen molar-refractivity contribution in [1.29, 1.82) is 0 Å². The van der Waals surface area contributed by atoms with Crippen molar-refractivity contribution in [2.24, 2.45) is 0 Å². The first-order valence-corrected chi connectivity index (χ1v) is 8.84. The third-order valence-electron chi connectivity index (χ3n) is 4.10. The molecule has 2 fully saturated rings. The zero-order valence-electron chi connectivity index (χ0n) is 12.5. The highest BCUT2D eigenvalue weighted by molar-refractivity contribution is 8.23. The fraction of sp³-hybridized carbons (Fsp3) is 0.500. The van der Waals surface area contributed by atoms with Crippen molar-refractivity contribution in [2.75, 3.05) is 26.0 Å². The van der Waals surface area contributed by atoms with Crippen LogP contribution in [0.25, 0.3) is 0 Å². The van der Waals surface area contributed by atoms with Gasteiger partial charge in [0.25, 0.3) is 0 Å². The van der Waals surface area contributed by atoms with E-state index < -0.39 is 0 Å². The number of thiocarbonyl (C=S) groups is 1. The van der Waals surface area contributed by atoms with Gasteiger partial charge in [0.05, 0.1) is 19.1 Å². The van der Waals surface area contributed by atoms with Gasteiger partial charge >= 0.3 is 0 Å². The maximum Gasteiger partial charge on any atom is 0.238 e. The van der Waals surface area contributed by atoms with Gasteiger partial charge in [-0.3, -0.25) is 9.69 Å². The fourth-order valence-electron chi connectivity index (χ4n) is 2.95. The van der Waals surface area contributed by atoms with Gasteiger partial charge in [-0.1, -0.05) is 36.1 Å². The topological polar surface area (TPSA) is 38.8 Å². The molecule has 2 heterocycles. The van der Waals surface area contributed by atoms with Crippen LogP contribution in [0.4, 0.5) is 0 Å². The Labute approximate surface area is 140 Å². The smallest absolute Gasteiger partial charge is 0.238 e. The van der Waals surface area contributed by atoms with E-state index in [-0.39, 0.29) is 17.9 Å². The Morgan fingerprint density at radius 1 is 1.45 bits per heavy atom. The molecule has 1 aromatic rings. The van der Waals surface area contributed by atoms with Crippen LogP contribution in [0, 0.1) is 0 Å². The van der Waals surface area contributed by atoms with Crippen LogP contribution in [0.2, 0.25) is 0 Å². The second-order valence-corrected chi connectivity index (χ2v) is 7.14. The van der Waals surface area contributed by atoms with Crippen molar-refractivity contribution < 1.29 is 14.3 Å². The molecule has 0 N–H and O–H groups in total. The molecule has 1 amide bonds. The zero-order chi connectivity index (χ0) is 15.5. The number of methoxy groups -OCH3 is 1. The van der Waals surface area contributed by atoms with E-state index in [0.29, 0.717) is 10.9 Å². The van der Waals surface area contributed by atoms with Crippen molar-refractivity contribution in [3.05, 3.63) is 29.8 Å². The molecule has 2 aliphatic rings. The molecule has 6 heteroatoms. The zero-order valence-corrected chi connectivity index (χ0v) is 14.1. The van der Waals surface area contributed by atoms with Crippen LogP contribution < -0.4 is 4.74 Å². The summed E-state index contributed by atoms with van der Waals surface area (Å²) in [6.07, 6.45) is 1.86.